The summed E-state index contributed by atoms with van der Waals surface area (Å²) in [4.78, 5) is 23.2. The van der Waals surface area contributed by atoms with Gasteiger partial charge in [0.05, 0.1) is 10.7 Å². The van der Waals surface area contributed by atoms with Crippen molar-refractivity contribution in [1.29, 1.82) is 0 Å². The van der Waals surface area contributed by atoms with E-state index in [0.29, 0.717) is 23.6 Å². The topological polar surface area (TPSA) is 66.4 Å². The fourth-order valence-corrected chi connectivity index (χ4v) is 2.36. The standard InChI is InChI=1S/C12H11Cl2NO3/c13-7-2-3-9(8(14)6-7)15-10(16)12(11(17)18)4-1-5-12/h2-3,6H,1,4-5H2,(H,15,16)(H,17,18). The van der Waals surface area contributed by atoms with Gasteiger partial charge < -0.3 is 10.4 Å². The summed E-state index contributed by atoms with van der Waals surface area (Å²) in [6, 6.07) is 4.63. The molecule has 1 amide bonds. The molecule has 2 rings (SSSR count). The average Bonchev–Trinajstić information content (AvgIpc) is 2.19. The Bertz CT molecular complexity index is 512. The molecule has 0 saturated heterocycles. The number of benzene rings is 1. The molecule has 4 nitrogen and oxygen atoms in total. The van der Waals surface area contributed by atoms with Crippen molar-refractivity contribution >= 4 is 40.8 Å². The van der Waals surface area contributed by atoms with Crippen LogP contribution in [-0.4, -0.2) is 17.0 Å². The van der Waals surface area contributed by atoms with Crippen LogP contribution in [0.3, 0.4) is 0 Å². The Balaban J connectivity index is 2.19. The van der Waals surface area contributed by atoms with Crippen LogP contribution in [0, 0.1) is 5.41 Å². The molecule has 0 heterocycles. The highest BCUT2D eigenvalue weighted by Gasteiger charge is 2.51. The number of amides is 1. The summed E-state index contributed by atoms with van der Waals surface area (Å²) < 4.78 is 0. The van der Waals surface area contributed by atoms with E-state index in [-0.39, 0.29) is 5.02 Å². The van der Waals surface area contributed by atoms with Crippen LogP contribution in [0.1, 0.15) is 19.3 Å². The number of halogens is 2. The molecule has 0 unspecified atom stereocenters. The molecule has 0 atom stereocenters. The summed E-state index contributed by atoms with van der Waals surface area (Å²) in [6.45, 7) is 0. The SMILES string of the molecule is O=C(O)C1(C(=O)Nc2ccc(Cl)cc2Cl)CCC1. The minimum absolute atomic E-state index is 0.288. The van der Waals surface area contributed by atoms with Crippen molar-refractivity contribution in [2.75, 3.05) is 5.32 Å². The zero-order valence-corrected chi connectivity index (χ0v) is 10.9. The summed E-state index contributed by atoms with van der Waals surface area (Å²) in [6.07, 6.45) is 1.47. The lowest BCUT2D eigenvalue weighted by atomic mass is 9.68. The maximum Gasteiger partial charge on any atom is 0.319 e. The number of carboxylic acids is 1. The molecule has 0 radical (unpaired) electrons. The predicted molar refractivity (Wildman–Crippen MR) is 69.0 cm³/mol. The first-order valence-electron chi connectivity index (χ1n) is 5.45. The molecule has 0 aliphatic heterocycles. The van der Waals surface area contributed by atoms with Gasteiger partial charge in [-0.2, -0.15) is 0 Å². The van der Waals surface area contributed by atoms with Gasteiger partial charge in [0.15, 0.2) is 0 Å². The fraction of sp³-hybridized carbons (Fsp3) is 0.333. The Hall–Kier alpha value is -1.26. The molecule has 0 aromatic heterocycles. The second-order valence-corrected chi connectivity index (χ2v) is 5.16. The number of rotatable bonds is 3. The van der Waals surface area contributed by atoms with Crippen LogP contribution >= 0.6 is 23.2 Å². The summed E-state index contributed by atoms with van der Waals surface area (Å²) in [5.74, 6) is -1.61. The molecule has 6 heteroatoms. The van der Waals surface area contributed by atoms with Crippen LogP contribution in [0.2, 0.25) is 10.0 Å². The van der Waals surface area contributed by atoms with Crippen LogP contribution in [0.5, 0.6) is 0 Å². The van der Waals surface area contributed by atoms with Crippen LogP contribution in [0.4, 0.5) is 5.69 Å². The van der Waals surface area contributed by atoms with E-state index in [9.17, 15) is 9.59 Å². The van der Waals surface area contributed by atoms with Crippen LogP contribution in [0.15, 0.2) is 18.2 Å². The summed E-state index contributed by atoms with van der Waals surface area (Å²) >= 11 is 11.7. The zero-order chi connectivity index (χ0) is 13.3. The van der Waals surface area contributed by atoms with E-state index in [1.54, 1.807) is 12.1 Å². The lowest BCUT2D eigenvalue weighted by Crippen LogP contribution is -2.48. The Morgan fingerprint density at radius 1 is 1.28 bits per heavy atom. The maximum atomic E-state index is 12.0. The Morgan fingerprint density at radius 3 is 2.39 bits per heavy atom. The van der Waals surface area contributed by atoms with Crippen molar-refractivity contribution in [3.8, 4) is 0 Å². The third-order valence-electron chi connectivity index (χ3n) is 3.23. The van der Waals surface area contributed by atoms with E-state index in [0.717, 1.165) is 6.42 Å². The molecule has 96 valence electrons. The molecule has 2 N–H and O–H groups in total. The molecular weight excluding hydrogens is 277 g/mol. The van der Waals surface area contributed by atoms with Gasteiger partial charge in [0.1, 0.15) is 5.41 Å². The molecule has 1 saturated carbocycles. The minimum atomic E-state index is -1.30. The first-order chi connectivity index (χ1) is 8.45. The maximum absolute atomic E-state index is 12.0. The molecular formula is C12H11Cl2NO3. The number of hydrogen-bond donors (Lipinski definition) is 2. The molecule has 1 aliphatic carbocycles. The van der Waals surface area contributed by atoms with Gasteiger partial charge in [-0.1, -0.05) is 29.6 Å². The van der Waals surface area contributed by atoms with Gasteiger partial charge in [0, 0.05) is 5.02 Å². The number of hydrogen-bond acceptors (Lipinski definition) is 2. The first kappa shape index (κ1) is 13.2. The number of anilines is 1. The van der Waals surface area contributed by atoms with Crippen molar-refractivity contribution in [2.45, 2.75) is 19.3 Å². The number of carbonyl (C=O) groups excluding carboxylic acids is 1. The molecule has 1 aromatic carbocycles. The monoisotopic (exact) mass is 287 g/mol. The highest BCUT2D eigenvalue weighted by molar-refractivity contribution is 6.36. The minimum Gasteiger partial charge on any atom is -0.480 e. The van der Waals surface area contributed by atoms with Gasteiger partial charge in [-0.05, 0) is 31.0 Å². The highest BCUT2D eigenvalue weighted by Crippen LogP contribution is 2.42. The lowest BCUT2D eigenvalue weighted by Gasteiger charge is -2.35. The number of aliphatic carboxylic acids is 1. The summed E-state index contributed by atoms with van der Waals surface area (Å²) in [5.41, 5.74) is -0.929. The van der Waals surface area contributed by atoms with Crippen LogP contribution in [0.25, 0.3) is 0 Å². The van der Waals surface area contributed by atoms with Gasteiger partial charge in [-0.3, -0.25) is 9.59 Å². The second kappa shape index (κ2) is 4.78. The zero-order valence-electron chi connectivity index (χ0n) is 9.37. The van der Waals surface area contributed by atoms with Gasteiger partial charge in [0.25, 0.3) is 0 Å². The Morgan fingerprint density at radius 2 is 1.94 bits per heavy atom. The lowest BCUT2D eigenvalue weighted by molar-refractivity contribution is -0.159. The van der Waals surface area contributed by atoms with Gasteiger partial charge >= 0.3 is 5.97 Å². The summed E-state index contributed by atoms with van der Waals surface area (Å²) in [5, 5.41) is 12.4. The van der Waals surface area contributed by atoms with Crippen molar-refractivity contribution in [1.82, 2.24) is 0 Å². The third kappa shape index (κ3) is 2.18. The largest absolute Gasteiger partial charge is 0.480 e. The normalized spacial score (nSPS) is 16.8. The number of nitrogens with one attached hydrogen (secondary N) is 1. The summed E-state index contributed by atoms with van der Waals surface area (Å²) in [7, 11) is 0. The van der Waals surface area contributed by atoms with Crippen LogP contribution in [-0.2, 0) is 9.59 Å². The molecule has 1 aliphatic rings. The highest BCUT2D eigenvalue weighted by atomic mass is 35.5. The van der Waals surface area contributed by atoms with Gasteiger partial charge in [-0.25, -0.2) is 0 Å². The molecule has 1 aromatic rings. The van der Waals surface area contributed by atoms with E-state index in [1.807, 2.05) is 0 Å². The molecule has 0 bridgehead atoms. The van der Waals surface area contributed by atoms with Crippen molar-refractivity contribution in [2.24, 2.45) is 5.41 Å². The average molecular weight is 288 g/mol. The van der Waals surface area contributed by atoms with E-state index < -0.39 is 17.3 Å². The second-order valence-electron chi connectivity index (χ2n) is 4.32. The van der Waals surface area contributed by atoms with E-state index >= 15 is 0 Å². The van der Waals surface area contributed by atoms with E-state index in [1.165, 1.54) is 6.07 Å². The van der Waals surface area contributed by atoms with Crippen LogP contribution < -0.4 is 5.32 Å². The predicted octanol–water partition coefficient (Wildman–Crippen LogP) is 3.19. The van der Waals surface area contributed by atoms with Gasteiger partial charge in [-0.15, -0.1) is 0 Å². The van der Waals surface area contributed by atoms with Crippen molar-refractivity contribution in [3.63, 3.8) is 0 Å². The quantitative estimate of drug-likeness (QED) is 0.839. The number of carboxylic acid groups (broad SMARTS) is 1. The fourth-order valence-electron chi connectivity index (χ4n) is 1.90. The van der Waals surface area contributed by atoms with E-state index in [2.05, 4.69) is 5.32 Å². The van der Waals surface area contributed by atoms with Crippen molar-refractivity contribution in [3.05, 3.63) is 28.2 Å². The molecule has 0 spiro atoms. The van der Waals surface area contributed by atoms with E-state index in [4.69, 9.17) is 28.3 Å². The smallest absolute Gasteiger partial charge is 0.319 e. The third-order valence-corrected chi connectivity index (χ3v) is 3.78. The number of carbonyl (C=O) groups is 2. The van der Waals surface area contributed by atoms with Gasteiger partial charge in [0.2, 0.25) is 5.91 Å². The Kier molecular flexibility index (Phi) is 3.50. The first-order valence-corrected chi connectivity index (χ1v) is 6.21. The Labute approximate surface area is 114 Å². The molecule has 1 fully saturated rings. The molecule has 18 heavy (non-hydrogen) atoms. The van der Waals surface area contributed by atoms with Crippen molar-refractivity contribution < 1.29 is 14.7 Å².